The van der Waals surface area contributed by atoms with E-state index in [0.717, 1.165) is 0 Å². The molecule has 68 valence electrons. The number of rotatable bonds is 5. The number of alkyl halides is 1. The van der Waals surface area contributed by atoms with Crippen LogP contribution in [0.25, 0.3) is 0 Å². The van der Waals surface area contributed by atoms with Crippen LogP contribution in [0.1, 0.15) is 6.92 Å². The van der Waals surface area contributed by atoms with Gasteiger partial charge in [0.15, 0.2) is 5.78 Å². The van der Waals surface area contributed by atoms with Gasteiger partial charge in [0, 0.05) is 0 Å². The largest absolute Gasteiger partial charge is 0.395 e. The van der Waals surface area contributed by atoms with E-state index in [0.29, 0.717) is 0 Å². The Kier molecular flexibility index (Phi) is 5.92. The van der Waals surface area contributed by atoms with Crippen molar-refractivity contribution in [1.82, 2.24) is 0 Å². The summed E-state index contributed by atoms with van der Waals surface area (Å²) in [6.45, 7) is 1.96. The average molecular weight is 256 g/mol. The zero-order chi connectivity index (χ0) is 9.56. The lowest BCUT2D eigenvalue weighted by Gasteiger charge is -1.96. The first kappa shape index (κ1) is 11.6. The van der Waals surface area contributed by atoms with E-state index in [-0.39, 0.29) is 17.6 Å². The molecule has 0 saturated carbocycles. The Bertz CT molecular complexity index is 217. The van der Waals surface area contributed by atoms with Crippen molar-refractivity contribution >= 4 is 44.3 Å². The van der Waals surface area contributed by atoms with Gasteiger partial charge in [-0.05, 0) is 18.5 Å². The van der Waals surface area contributed by atoms with E-state index >= 15 is 0 Å². The van der Waals surface area contributed by atoms with Gasteiger partial charge < -0.3 is 4.84 Å². The van der Waals surface area contributed by atoms with Crippen molar-refractivity contribution in [2.24, 2.45) is 5.16 Å². The van der Waals surface area contributed by atoms with Crippen LogP contribution in [0.4, 0.5) is 0 Å². The second-order valence-corrected chi connectivity index (χ2v) is 2.59. The average Bonchev–Trinajstić information content (AvgIpc) is 2.04. The minimum absolute atomic E-state index is 0.00261. The first-order chi connectivity index (χ1) is 5.63. The van der Waals surface area contributed by atoms with Crippen molar-refractivity contribution in [2.75, 3.05) is 11.9 Å². The number of nitrogens with zero attached hydrogens (tertiary/aromatic N) is 1. The minimum Gasteiger partial charge on any atom is -0.395 e. The molecule has 0 spiro atoms. The summed E-state index contributed by atoms with van der Waals surface area (Å²) >= 11 is 7.94. The number of halogens is 2. The molecule has 0 amide bonds. The highest BCUT2D eigenvalue weighted by molar-refractivity contribution is 9.09. The summed E-state index contributed by atoms with van der Waals surface area (Å²) in [7, 11) is 0. The number of carbonyl (C=O) groups is 2. The van der Waals surface area contributed by atoms with Crippen LogP contribution in [0.3, 0.4) is 0 Å². The van der Waals surface area contributed by atoms with Crippen molar-refractivity contribution < 1.29 is 14.4 Å². The van der Waals surface area contributed by atoms with Crippen LogP contribution in [0, 0.1) is 0 Å². The molecule has 0 N–H and O–H groups in total. The monoisotopic (exact) mass is 255 g/mol. The summed E-state index contributed by atoms with van der Waals surface area (Å²) < 4.78 is 0. The summed E-state index contributed by atoms with van der Waals surface area (Å²) in [4.78, 5) is 26.0. The molecule has 4 nitrogen and oxygen atoms in total. The van der Waals surface area contributed by atoms with E-state index in [1.807, 2.05) is 0 Å². The Morgan fingerprint density at radius 2 is 2.17 bits per heavy atom. The molecular weight excluding hydrogens is 249 g/mol. The normalized spacial score (nSPS) is 11.1. The lowest BCUT2D eigenvalue weighted by molar-refractivity contribution is -0.112. The fraction of sp³-hybridized carbons (Fsp3) is 0.500. The Hall–Kier alpha value is -0.420. The van der Waals surface area contributed by atoms with Gasteiger partial charge in [0.1, 0.15) is 6.61 Å². The van der Waals surface area contributed by atoms with Crippen LogP contribution < -0.4 is 0 Å². The topological polar surface area (TPSA) is 55.7 Å². The van der Waals surface area contributed by atoms with Crippen molar-refractivity contribution in [3.05, 3.63) is 0 Å². The van der Waals surface area contributed by atoms with Gasteiger partial charge in [0.05, 0.1) is 5.33 Å². The first-order valence-corrected chi connectivity index (χ1v) is 4.62. The Labute approximate surface area is 83.0 Å². The first-order valence-electron chi connectivity index (χ1n) is 3.12. The van der Waals surface area contributed by atoms with Crippen LogP contribution in [0.2, 0.25) is 0 Å². The Morgan fingerprint density at radius 3 is 2.50 bits per heavy atom. The minimum atomic E-state index is -0.909. The zero-order valence-corrected chi connectivity index (χ0v) is 8.68. The molecule has 0 fully saturated rings. The second kappa shape index (κ2) is 6.14. The number of Topliss-reactive ketones (excluding diaryl/α,β-unsaturated/α-hetero) is 1. The van der Waals surface area contributed by atoms with Crippen molar-refractivity contribution in [3.8, 4) is 0 Å². The van der Waals surface area contributed by atoms with E-state index in [1.165, 1.54) is 0 Å². The lowest BCUT2D eigenvalue weighted by Crippen LogP contribution is -2.21. The predicted molar refractivity (Wildman–Crippen MR) is 48.7 cm³/mol. The molecule has 0 aromatic heterocycles. The smallest absolute Gasteiger partial charge is 0.277 e. The summed E-state index contributed by atoms with van der Waals surface area (Å²) in [6.07, 6.45) is 0. The molecular formula is C6H7BrClNO3. The summed E-state index contributed by atoms with van der Waals surface area (Å²) in [5.74, 6) is -0.497. The van der Waals surface area contributed by atoms with Crippen molar-refractivity contribution in [2.45, 2.75) is 6.92 Å². The van der Waals surface area contributed by atoms with Gasteiger partial charge in [0.2, 0.25) is 5.71 Å². The molecule has 0 heterocycles. The second-order valence-electron chi connectivity index (χ2n) is 1.69. The van der Waals surface area contributed by atoms with E-state index in [1.54, 1.807) is 6.92 Å². The number of oxime groups is 1. The highest BCUT2D eigenvalue weighted by atomic mass is 79.9. The molecule has 0 aromatic carbocycles. The summed E-state index contributed by atoms with van der Waals surface area (Å²) in [5.41, 5.74) is -0.379. The van der Waals surface area contributed by atoms with E-state index < -0.39 is 11.0 Å². The fourth-order valence-corrected chi connectivity index (χ4v) is 0.794. The fourth-order valence-electron chi connectivity index (χ4n) is 0.389. The van der Waals surface area contributed by atoms with Crippen molar-refractivity contribution in [1.29, 1.82) is 0 Å². The van der Waals surface area contributed by atoms with Gasteiger partial charge >= 0.3 is 0 Å². The molecule has 6 heteroatoms. The van der Waals surface area contributed by atoms with Gasteiger partial charge in [0.25, 0.3) is 5.24 Å². The maximum Gasteiger partial charge on any atom is 0.277 e. The number of hydrogen-bond acceptors (Lipinski definition) is 4. The maximum absolute atomic E-state index is 10.9. The lowest BCUT2D eigenvalue weighted by atomic mass is 10.3. The molecule has 0 rings (SSSR count). The summed E-state index contributed by atoms with van der Waals surface area (Å²) in [6, 6.07) is 0. The van der Waals surface area contributed by atoms with Gasteiger partial charge in [-0.2, -0.15) is 0 Å². The molecule has 0 aromatic rings. The third kappa shape index (κ3) is 3.82. The number of carbonyl (C=O) groups excluding carboxylic acids is 2. The van der Waals surface area contributed by atoms with Crippen LogP contribution in [0.5, 0.6) is 0 Å². The highest BCUT2D eigenvalue weighted by Crippen LogP contribution is 1.94. The summed E-state index contributed by atoms with van der Waals surface area (Å²) in [5, 5.41) is 2.36. The zero-order valence-electron chi connectivity index (χ0n) is 6.34. The maximum atomic E-state index is 10.9. The molecule has 0 aliphatic carbocycles. The molecule has 0 radical (unpaired) electrons. The van der Waals surface area contributed by atoms with Gasteiger partial charge in [-0.25, -0.2) is 0 Å². The van der Waals surface area contributed by atoms with Crippen LogP contribution >= 0.6 is 27.5 Å². The standard InChI is InChI=1S/C6H7BrClNO3/c1-2-12-9-5(6(8)11)4(10)3-7/h2-3H2,1H3. The molecule has 0 aliphatic rings. The van der Waals surface area contributed by atoms with E-state index in [9.17, 15) is 9.59 Å². The van der Waals surface area contributed by atoms with Gasteiger partial charge in [-0.15, -0.1) is 0 Å². The molecule has 0 saturated heterocycles. The Balaban J connectivity index is 4.43. The predicted octanol–water partition coefficient (Wildman–Crippen LogP) is 1.11. The van der Waals surface area contributed by atoms with Gasteiger partial charge in [-0.1, -0.05) is 21.1 Å². The highest BCUT2D eigenvalue weighted by Gasteiger charge is 2.17. The van der Waals surface area contributed by atoms with E-state index in [2.05, 4.69) is 25.9 Å². The van der Waals surface area contributed by atoms with Crippen LogP contribution in [0.15, 0.2) is 5.16 Å². The molecule has 12 heavy (non-hydrogen) atoms. The van der Waals surface area contributed by atoms with Crippen LogP contribution in [-0.2, 0) is 14.4 Å². The van der Waals surface area contributed by atoms with E-state index in [4.69, 9.17) is 11.6 Å². The van der Waals surface area contributed by atoms with Crippen molar-refractivity contribution in [3.63, 3.8) is 0 Å². The Morgan fingerprint density at radius 1 is 1.58 bits per heavy atom. The molecule has 0 bridgehead atoms. The molecule has 0 unspecified atom stereocenters. The quantitative estimate of drug-likeness (QED) is 0.243. The SMILES string of the molecule is CCON=C(C(=O)Cl)C(=O)CBr. The number of hydrogen-bond donors (Lipinski definition) is 0. The molecule has 0 aliphatic heterocycles. The molecule has 0 atom stereocenters. The third-order valence-electron chi connectivity index (χ3n) is 0.857. The van der Waals surface area contributed by atoms with Crippen LogP contribution in [-0.4, -0.2) is 28.7 Å². The number of ketones is 1. The third-order valence-corrected chi connectivity index (χ3v) is 1.54. The van der Waals surface area contributed by atoms with Gasteiger partial charge in [-0.3, -0.25) is 9.59 Å².